The van der Waals surface area contributed by atoms with Crippen molar-refractivity contribution >= 4 is 41.0 Å². The van der Waals surface area contributed by atoms with Gasteiger partial charge in [0, 0.05) is 55.4 Å². The third kappa shape index (κ3) is 5.67. The Labute approximate surface area is 225 Å². The third-order valence-electron chi connectivity index (χ3n) is 7.25. The number of anilines is 1. The first-order valence-corrected chi connectivity index (χ1v) is 13.1. The lowest BCUT2D eigenvalue weighted by molar-refractivity contribution is -0.136. The van der Waals surface area contributed by atoms with Crippen LogP contribution in [0.1, 0.15) is 45.5 Å². The Morgan fingerprint density at radius 1 is 1.16 bits per heavy atom. The molecule has 0 aliphatic carbocycles. The molecule has 3 N–H and O–H groups in total. The van der Waals surface area contributed by atoms with Crippen LogP contribution in [0.25, 0.3) is 0 Å². The van der Waals surface area contributed by atoms with E-state index in [0.717, 1.165) is 41.9 Å². The maximum atomic E-state index is 13.0. The fraction of sp³-hybridized carbons (Fsp3) is 0.407. The lowest BCUT2D eigenvalue weighted by Crippen LogP contribution is -2.52. The van der Waals surface area contributed by atoms with Crippen LogP contribution in [0.4, 0.5) is 10.5 Å². The van der Waals surface area contributed by atoms with E-state index in [4.69, 9.17) is 16.3 Å². The van der Waals surface area contributed by atoms with Crippen molar-refractivity contribution in [2.24, 2.45) is 0 Å². The highest BCUT2D eigenvalue weighted by atomic mass is 35.5. The Morgan fingerprint density at radius 3 is 2.71 bits per heavy atom. The average molecular weight is 540 g/mol. The molecule has 0 bridgehead atoms. The van der Waals surface area contributed by atoms with Crippen LogP contribution in [0.2, 0.25) is 5.02 Å². The minimum absolute atomic E-state index is 0.210. The molecule has 0 radical (unpaired) electrons. The van der Waals surface area contributed by atoms with Crippen LogP contribution in [-0.4, -0.2) is 65.9 Å². The molecule has 2 aromatic carbocycles. The number of piperidine rings is 1. The number of halogens is 1. The number of rotatable bonds is 6. The normalized spacial score (nSPS) is 19.8. The summed E-state index contributed by atoms with van der Waals surface area (Å²) in [4.78, 5) is 53.2. The number of hydrogen-bond acceptors (Lipinski definition) is 6. The van der Waals surface area contributed by atoms with Crippen LogP contribution in [-0.2, 0) is 34.0 Å². The summed E-state index contributed by atoms with van der Waals surface area (Å²) in [6, 6.07) is 8.06. The zero-order valence-corrected chi connectivity index (χ0v) is 21.9. The van der Waals surface area contributed by atoms with E-state index in [0.29, 0.717) is 42.5 Å². The Morgan fingerprint density at radius 2 is 1.95 bits per heavy atom. The predicted octanol–water partition coefficient (Wildman–Crippen LogP) is 2.56. The zero-order chi connectivity index (χ0) is 26.8. The molecule has 0 aromatic heterocycles. The lowest BCUT2D eigenvalue weighted by atomic mass is 10.0. The molecule has 11 heteroatoms. The Hall–Kier alpha value is -3.47. The topological polar surface area (TPSA) is 120 Å². The quantitative estimate of drug-likeness (QED) is 0.485. The van der Waals surface area contributed by atoms with Crippen molar-refractivity contribution in [3.8, 4) is 0 Å². The van der Waals surface area contributed by atoms with Crippen molar-refractivity contribution in [3.05, 3.63) is 63.2 Å². The van der Waals surface area contributed by atoms with Gasteiger partial charge in [0.2, 0.25) is 11.8 Å². The summed E-state index contributed by atoms with van der Waals surface area (Å²) in [5.74, 6) is -1.00. The Kier molecular flexibility index (Phi) is 7.64. The molecule has 0 saturated carbocycles. The second kappa shape index (κ2) is 11.1. The number of hydrogen-bond donors (Lipinski definition) is 3. The predicted molar refractivity (Wildman–Crippen MR) is 141 cm³/mol. The molecule has 10 nitrogen and oxygen atoms in total. The number of imide groups is 1. The molecule has 5 rings (SSSR count). The number of ether oxygens (including phenoxy) is 1. The Balaban J connectivity index is 1.19. The summed E-state index contributed by atoms with van der Waals surface area (Å²) in [6.45, 7) is 6.34. The van der Waals surface area contributed by atoms with E-state index < -0.39 is 11.9 Å². The van der Waals surface area contributed by atoms with Gasteiger partial charge < -0.3 is 20.3 Å². The van der Waals surface area contributed by atoms with Gasteiger partial charge in [0.1, 0.15) is 6.04 Å². The molecule has 3 heterocycles. The van der Waals surface area contributed by atoms with Crippen molar-refractivity contribution in [1.29, 1.82) is 0 Å². The molecular formula is C27H30ClN5O5. The molecule has 5 amide bonds. The van der Waals surface area contributed by atoms with E-state index in [9.17, 15) is 19.2 Å². The van der Waals surface area contributed by atoms with Crippen LogP contribution in [0.15, 0.2) is 30.3 Å². The molecule has 3 aliphatic heterocycles. The van der Waals surface area contributed by atoms with Crippen molar-refractivity contribution in [3.63, 3.8) is 0 Å². The first-order chi connectivity index (χ1) is 18.3. The SMILES string of the molecule is Cc1c(Cl)cc(NC(=O)NCc2ccc3c(c2)C(=O)N(C2CCC(=O)NC2=O)C3)cc1CN1CCOCC1. The minimum atomic E-state index is -0.658. The number of carbonyl (C=O) groups is 4. The third-order valence-corrected chi connectivity index (χ3v) is 7.65. The fourth-order valence-corrected chi connectivity index (χ4v) is 5.28. The molecule has 38 heavy (non-hydrogen) atoms. The van der Waals surface area contributed by atoms with Gasteiger partial charge in [0.15, 0.2) is 0 Å². The van der Waals surface area contributed by atoms with Crippen molar-refractivity contribution in [1.82, 2.24) is 20.4 Å². The van der Waals surface area contributed by atoms with E-state index in [2.05, 4.69) is 20.9 Å². The summed E-state index contributed by atoms with van der Waals surface area (Å²) in [6.07, 6.45) is 0.526. The van der Waals surface area contributed by atoms with Crippen LogP contribution in [0, 0.1) is 6.92 Å². The molecule has 2 saturated heterocycles. The molecule has 1 unspecified atom stereocenters. The molecular weight excluding hydrogens is 510 g/mol. The number of urea groups is 1. The first-order valence-electron chi connectivity index (χ1n) is 12.7. The molecule has 2 aromatic rings. The number of carbonyl (C=O) groups excluding carboxylic acids is 4. The van der Waals surface area contributed by atoms with Gasteiger partial charge in [-0.1, -0.05) is 23.7 Å². The number of nitrogens with one attached hydrogen (secondary N) is 3. The molecule has 3 aliphatic rings. The van der Waals surface area contributed by atoms with Gasteiger partial charge in [-0.25, -0.2) is 4.79 Å². The van der Waals surface area contributed by atoms with E-state index in [1.165, 1.54) is 4.90 Å². The van der Waals surface area contributed by atoms with Gasteiger partial charge in [0.05, 0.1) is 13.2 Å². The summed E-state index contributed by atoms with van der Waals surface area (Å²) in [7, 11) is 0. The van der Waals surface area contributed by atoms with E-state index >= 15 is 0 Å². The maximum absolute atomic E-state index is 13.0. The summed E-state index contributed by atoms with van der Waals surface area (Å²) < 4.78 is 5.42. The number of amides is 5. The minimum Gasteiger partial charge on any atom is -0.379 e. The monoisotopic (exact) mass is 539 g/mol. The highest BCUT2D eigenvalue weighted by Gasteiger charge is 2.39. The fourth-order valence-electron chi connectivity index (χ4n) is 5.04. The van der Waals surface area contributed by atoms with Crippen LogP contribution in [0.5, 0.6) is 0 Å². The zero-order valence-electron chi connectivity index (χ0n) is 21.1. The summed E-state index contributed by atoms with van der Waals surface area (Å²) >= 11 is 6.45. The van der Waals surface area contributed by atoms with Gasteiger partial charge in [-0.2, -0.15) is 0 Å². The maximum Gasteiger partial charge on any atom is 0.319 e. The van der Waals surface area contributed by atoms with E-state index in [-0.39, 0.29) is 30.8 Å². The van der Waals surface area contributed by atoms with Gasteiger partial charge in [-0.3, -0.25) is 24.6 Å². The number of benzene rings is 2. The van der Waals surface area contributed by atoms with Gasteiger partial charge in [0.25, 0.3) is 5.91 Å². The number of nitrogens with zero attached hydrogens (tertiary/aromatic N) is 2. The summed E-state index contributed by atoms with van der Waals surface area (Å²) in [5, 5.41) is 8.57. The smallest absolute Gasteiger partial charge is 0.319 e. The average Bonchev–Trinajstić information content (AvgIpc) is 3.22. The van der Waals surface area contributed by atoms with E-state index in [1.807, 2.05) is 25.1 Å². The number of fused-ring (bicyclic) bond motifs is 1. The standard InChI is InChI=1S/C27H30ClN5O5/c1-16-19(14-32-6-8-38-9-7-32)11-20(12-22(16)28)30-27(37)29-13-17-2-3-18-15-33(26(36)21(18)10-17)23-4-5-24(34)31-25(23)35/h2-3,10-12,23H,4-9,13-15H2,1H3,(H2,29,30,37)(H,31,34,35). The van der Waals surface area contributed by atoms with Crippen LogP contribution >= 0.6 is 11.6 Å². The molecule has 200 valence electrons. The summed E-state index contributed by atoms with van der Waals surface area (Å²) in [5.41, 5.74) is 4.71. The van der Waals surface area contributed by atoms with Gasteiger partial charge in [-0.05, 0) is 53.8 Å². The highest BCUT2D eigenvalue weighted by molar-refractivity contribution is 6.31. The second-order valence-corrected chi connectivity index (χ2v) is 10.2. The molecule has 2 fully saturated rings. The molecule has 0 spiro atoms. The second-order valence-electron chi connectivity index (χ2n) is 9.83. The van der Waals surface area contributed by atoms with Crippen LogP contribution in [0.3, 0.4) is 0 Å². The van der Waals surface area contributed by atoms with Gasteiger partial charge in [-0.15, -0.1) is 0 Å². The largest absolute Gasteiger partial charge is 0.379 e. The number of morpholine rings is 1. The van der Waals surface area contributed by atoms with Crippen LogP contribution < -0.4 is 16.0 Å². The lowest BCUT2D eigenvalue weighted by Gasteiger charge is -2.29. The Bertz CT molecular complexity index is 1290. The molecule has 1 atom stereocenters. The van der Waals surface area contributed by atoms with Crippen molar-refractivity contribution in [2.75, 3.05) is 31.6 Å². The highest BCUT2D eigenvalue weighted by Crippen LogP contribution is 2.29. The van der Waals surface area contributed by atoms with E-state index in [1.54, 1.807) is 12.1 Å². The first kappa shape index (κ1) is 26.1. The van der Waals surface area contributed by atoms with Crippen molar-refractivity contribution < 1.29 is 23.9 Å². The van der Waals surface area contributed by atoms with Crippen molar-refractivity contribution in [2.45, 2.75) is 45.4 Å². The van der Waals surface area contributed by atoms with Gasteiger partial charge >= 0.3 is 6.03 Å².